The smallest absolute Gasteiger partial charge is 0.423 e. The molecule has 1 saturated heterocycles. The fourth-order valence-electron chi connectivity index (χ4n) is 5.41. The van der Waals surface area contributed by atoms with Gasteiger partial charge >= 0.3 is 12.2 Å². The zero-order valence-electron chi connectivity index (χ0n) is 23.6. The lowest BCUT2D eigenvalue weighted by atomic mass is 9.92. The van der Waals surface area contributed by atoms with Crippen molar-refractivity contribution in [3.63, 3.8) is 0 Å². The highest BCUT2D eigenvalue weighted by molar-refractivity contribution is 5.89. The molecule has 2 N–H and O–H groups in total. The lowest BCUT2D eigenvalue weighted by Crippen LogP contribution is -2.50. The second-order valence-electron chi connectivity index (χ2n) is 10.8. The number of aryl methyl sites for hydroxylation is 1. The average Bonchev–Trinajstić information content (AvgIpc) is 2.99. The molecule has 2 heterocycles. The molecule has 2 aliphatic rings. The van der Waals surface area contributed by atoms with E-state index in [4.69, 9.17) is 4.74 Å². The number of ether oxygens (including phenoxy) is 1. The number of urea groups is 1. The number of alkyl halides is 3. The lowest BCUT2D eigenvalue weighted by molar-refractivity contribution is -0.388. The van der Waals surface area contributed by atoms with Crippen molar-refractivity contribution >= 4 is 28.8 Å². The van der Waals surface area contributed by atoms with Crippen LogP contribution in [0.15, 0.2) is 60.8 Å². The molecular weight excluding hydrogens is 565 g/mol. The number of pyridine rings is 1. The van der Waals surface area contributed by atoms with E-state index in [0.717, 1.165) is 29.1 Å². The Labute approximate surface area is 247 Å². The molecule has 13 heteroatoms. The molecule has 10 nitrogen and oxygen atoms in total. The van der Waals surface area contributed by atoms with Gasteiger partial charge in [-0.25, -0.2) is 9.78 Å². The fourth-order valence-corrected chi connectivity index (χ4v) is 5.41. The molecular formula is C30H33F3N6O4. The van der Waals surface area contributed by atoms with E-state index >= 15 is 0 Å². The minimum absolute atomic E-state index is 0.0822. The second kappa shape index (κ2) is 12.8. The fraction of sp³-hybridized carbons (Fsp3) is 0.400. The zero-order chi connectivity index (χ0) is 30.6. The van der Waals surface area contributed by atoms with Crippen LogP contribution in [0, 0.1) is 17.0 Å². The number of nitrogens with zero attached hydrogens (tertiary/aromatic N) is 4. The number of carbonyl (C=O) groups is 1. The number of carbonyl (C=O) groups excluding carboxylic acids is 1. The molecule has 0 bridgehead atoms. The van der Waals surface area contributed by atoms with Crippen LogP contribution in [0.3, 0.4) is 0 Å². The van der Waals surface area contributed by atoms with Gasteiger partial charge in [-0.15, -0.1) is 0 Å². The summed E-state index contributed by atoms with van der Waals surface area (Å²) >= 11 is 0. The number of benzene rings is 2. The molecule has 1 saturated carbocycles. The molecule has 2 aromatic carbocycles. The summed E-state index contributed by atoms with van der Waals surface area (Å²) in [5.74, 6) is 0.499. The van der Waals surface area contributed by atoms with Crippen LogP contribution in [0.1, 0.15) is 36.8 Å². The Bertz CT molecular complexity index is 1440. The van der Waals surface area contributed by atoms with Crippen molar-refractivity contribution in [1.82, 2.24) is 9.88 Å². The lowest BCUT2D eigenvalue weighted by Gasteiger charge is -2.36. The first kappa shape index (κ1) is 29.9. The number of hydrogen-bond donors (Lipinski definition) is 2. The van der Waals surface area contributed by atoms with Gasteiger partial charge in [0.1, 0.15) is 11.7 Å². The summed E-state index contributed by atoms with van der Waals surface area (Å²) in [5, 5.41) is 17.0. The maximum absolute atomic E-state index is 13.3. The molecule has 43 heavy (non-hydrogen) atoms. The van der Waals surface area contributed by atoms with Gasteiger partial charge < -0.3 is 25.2 Å². The van der Waals surface area contributed by atoms with E-state index in [9.17, 15) is 28.1 Å². The Morgan fingerprint density at radius 3 is 2.30 bits per heavy atom. The van der Waals surface area contributed by atoms with E-state index in [1.807, 2.05) is 43.3 Å². The minimum Gasteiger partial charge on any atom is -0.474 e. The monoisotopic (exact) mass is 598 g/mol. The number of amides is 2. The summed E-state index contributed by atoms with van der Waals surface area (Å²) in [6, 6.07) is 14.3. The van der Waals surface area contributed by atoms with Crippen molar-refractivity contribution in [2.75, 3.05) is 41.7 Å². The molecule has 228 valence electrons. The van der Waals surface area contributed by atoms with E-state index < -0.39 is 22.4 Å². The van der Waals surface area contributed by atoms with E-state index in [1.165, 1.54) is 6.07 Å². The summed E-state index contributed by atoms with van der Waals surface area (Å²) in [6.45, 7) is 4.48. The average molecular weight is 599 g/mol. The SMILES string of the molecule is Cc1ccc(NC(=O)N2CCN(c3ccnc(OC4CCC(Nc5ccc([N+](=O)[O-])c(C(F)(F)F)c5)CC4)c3)CC2)cc1. The van der Waals surface area contributed by atoms with Gasteiger partial charge in [0.05, 0.1) is 4.92 Å². The summed E-state index contributed by atoms with van der Waals surface area (Å²) in [6.07, 6.45) is -0.539. The number of halogens is 3. The zero-order valence-corrected chi connectivity index (χ0v) is 23.6. The van der Waals surface area contributed by atoms with Gasteiger partial charge in [0.2, 0.25) is 5.88 Å². The van der Waals surface area contributed by atoms with E-state index in [1.54, 1.807) is 11.1 Å². The molecule has 0 atom stereocenters. The van der Waals surface area contributed by atoms with Gasteiger partial charge in [0.15, 0.2) is 0 Å². The van der Waals surface area contributed by atoms with Crippen molar-refractivity contribution in [2.45, 2.75) is 50.9 Å². The Hall–Kier alpha value is -4.55. The maximum atomic E-state index is 13.3. The van der Waals surface area contributed by atoms with Crippen LogP contribution < -0.4 is 20.3 Å². The highest BCUT2D eigenvalue weighted by Gasteiger charge is 2.38. The quantitative estimate of drug-likeness (QED) is 0.237. The number of piperazine rings is 1. The summed E-state index contributed by atoms with van der Waals surface area (Å²) < 4.78 is 46.2. The summed E-state index contributed by atoms with van der Waals surface area (Å²) in [4.78, 5) is 31.0. The highest BCUT2D eigenvalue weighted by atomic mass is 19.4. The van der Waals surface area contributed by atoms with Crippen LogP contribution in [0.4, 0.5) is 40.7 Å². The van der Waals surface area contributed by atoms with Crippen LogP contribution in [-0.4, -0.2) is 59.2 Å². The number of nitro benzene ring substituents is 1. The number of aromatic nitrogens is 1. The maximum Gasteiger partial charge on any atom is 0.423 e. The van der Waals surface area contributed by atoms with Gasteiger partial charge in [-0.05, 0) is 62.9 Å². The van der Waals surface area contributed by atoms with Crippen molar-refractivity contribution in [1.29, 1.82) is 0 Å². The highest BCUT2D eigenvalue weighted by Crippen LogP contribution is 2.38. The summed E-state index contributed by atoms with van der Waals surface area (Å²) in [5.41, 5.74) is 0.818. The van der Waals surface area contributed by atoms with Gasteiger partial charge in [-0.2, -0.15) is 13.2 Å². The van der Waals surface area contributed by atoms with Crippen molar-refractivity contribution in [3.8, 4) is 5.88 Å². The standard InChI is InChI=1S/C30H33F3N6O4/c1-20-2-4-22(5-3-20)36-29(40)38-16-14-37(15-17-38)24-12-13-34-28(19-24)43-25-9-6-21(7-10-25)35-23-8-11-27(39(41)42)26(18-23)30(31,32)33/h2-5,8,11-13,18-19,21,25,35H,6-7,9-10,14-17H2,1H3,(H,36,40). The predicted octanol–water partition coefficient (Wildman–Crippen LogP) is 6.47. The predicted molar refractivity (Wildman–Crippen MR) is 157 cm³/mol. The van der Waals surface area contributed by atoms with Crippen molar-refractivity contribution in [3.05, 3.63) is 82.0 Å². The van der Waals surface area contributed by atoms with Gasteiger partial charge in [-0.3, -0.25) is 10.1 Å². The topological polar surface area (TPSA) is 113 Å². The molecule has 1 aromatic heterocycles. The van der Waals surface area contributed by atoms with Crippen molar-refractivity contribution < 1.29 is 27.6 Å². The molecule has 0 radical (unpaired) electrons. The first-order valence-electron chi connectivity index (χ1n) is 14.2. The number of anilines is 3. The molecule has 2 amide bonds. The summed E-state index contributed by atoms with van der Waals surface area (Å²) in [7, 11) is 0. The van der Waals surface area contributed by atoms with E-state index in [0.29, 0.717) is 57.7 Å². The minimum atomic E-state index is -4.82. The molecule has 1 aliphatic carbocycles. The Morgan fingerprint density at radius 2 is 1.65 bits per heavy atom. The van der Waals surface area contributed by atoms with Gasteiger partial charge in [0, 0.05) is 67.6 Å². The van der Waals surface area contributed by atoms with Crippen LogP contribution in [0.5, 0.6) is 5.88 Å². The largest absolute Gasteiger partial charge is 0.474 e. The molecule has 2 fully saturated rings. The molecule has 3 aromatic rings. The third kappa shape index (κ3) is 7.65. The van der Waals surface area contributed by atoms with Crippen LogP contribution in [-0.2, 0) is 6.18 Å². The van der Waals surface area contributed by atoms with Gasteiger partial charge in [0.25, 0.3) is 5.69 Å². The van der Waals surface area contributed by atoms with E-state index in [2.05, 4.69) is 20.5 Å². The van der Waals surface area contributed by atoms with Crippen LogP contribution in [0.2, 0.25) is 0 Å². The molecule has 0 spiro atoms. The molecule has 5 rings (SSSR count). The first-order valence-corrected chi connectivity index (χ1v) is 14.2. The first-order chi connectivity index (χ1) is 20.5. The third-order valence-electron chi connectivity index (χ3n) is 7.78. The van der Waals surface area contributed by atoms with Crippen LogP contribution in [0.25, 0.3) is 0 Å². The van der Waals surface area contributed by atoms with Crippen molar-refractivity contribution in [2.24, 2.45) is 0 Å². The van der Waals surface area contributed by atoms with Gasteiger partial charge in [-0.1, -0.05) is 17.7 Å². The Morgan fingerprint density at radius 1 is 0.977 bits per heavy atom. The Balaban J connectivity index is 1.10. The second-order valence-corrected chi connectivity index (χ2v) is 10.8. The number of rotatable bonds is 7. The van der Waals surface area contributed by atoms with Crippen LogP contribution >= 0.6 is 0 Å². The molecule has 0 unspecified atom stereocenters. The molecule has 1 aliphatic heterocycles. The Kier molecular flexibility index (Phi) is 8.88. The number of nitro groups is 1. The van der Waals surface area contributed by atoms with E-state index in [-0.39, 0.29) is 23.9 Å². The normalized spacial score (nSPS) is 19.1. The third-order valence-corrected chi connectivity index (χ3v) is 7.78. The number of hydrogen-bond acceptors (Lipinski definition) is 7. The number of nitrogens with one attached hydrogen (secondary N) is 2.